The number of aliphatic hydroxyl groups excluding tert-OH is 1. The van der Waals surface area contributed by atoms with Crippen molar-refractivity contribution in [2.45, 2.75) is 45.6 Å². The maximum atomic E-state index is 11.3. The number of carbonyl (C=O) groups is 1. The van der Waals surface area contributed by atoms with Crippen LogP contribution in [0.3, 0.4) is 0 Å². The van der Waals surface area contributed by atoms with Crippen molar-refractivity contribution >= 4 is 5.91 Å². The lowest BCUT2D eigenvalue weighted by Gasteiger charge is -2.15. The minimum Gasteiger partial charge on any atom is -0.396 e. The minimum atomic E-state index is 0.0415. The Morgan fingerprint density at radius 3 is 2.67 bits per heavy atom. The first-order chi connectivity index (χ1) is 7.24. The number of rotatable bonds is 9. The van der Waals surface area contributed by atoms with Gasteiger partial charge in [-0.05, 0) is 19.3 Å². The SMILES string of the molecule is CCCCNC(=O)CNC(CC)CCO. The molecular weight excluding hydrogens is 192 g/mol. The molecule has 0 aliphatic heterocycles. The molecule has 15 heavy (non-hydrogen) atoms. The highest BCUT2D eigenvalue weighted by atomic mass is 16.3. The molecule has 1 unspecified atom stereocenters. The zero-order valence-electron chi connectivity index (χ0n) is 9.88. The molecule has 0 radical (unpaired) electrons. The molecule has 0 aliphatic rings. The van der Waals surface area contributed by atoms with Gasteiger partial charge in [0, 0.05) is 19.2 Å². The van der Waals surface area contributed by atoms with E-state index >= 15 is 0 Å². The smallest absolute Gasteiger partial charge is 0.233 e. The average molecular weight is 216 g/mol. The molecule has 1 atom stereocenters. The second-order valence-electron chi connectivity index (χ2n) is 3.70. The average Bonchev–Trinajstić information content (AvgIpc) is 2.24. The highest BCUT2D eigenvalue weighted by Gasteiger charge is 2.06. The highest BCUT2D eigenvalue weighted by Crippen LogP contribution is 1.95. The van der Waals surface area contributed by atoms with E-state index in [-0.39, 0.29) is 18.6 Å². The standard InChI is InChI=1S/C11H24N2O2/c1-3-5-7-12-11(15)9-13-10(4-2)6-8-14/h10,13-14H,3-9H2,1-2H3,(H,12,15). The first kappa shape index (κ1) is 14.4. The summed E-state index contributed by atoms with van der Waals surface area (Å²) in [5.74, 6) is 0.0415. The normalized spacial score (nSPS) is 12.5. The monoisotopic (exact) mass is 216 g/mol. The summed E-state index contributed by atoms with van der Waals surface area (Å²) in [4.78, 5) is 11.3. The van der Waals surface area contributed by atoms with Gasteiger partial charge in [0.05, 0.1) is 6.54 Å². The van der Waals surface area contributed by atoms with Gasteiger partial charge in [0.1, 0.15) is 0 Å². The summed E-state index contributed by atoms with van der Waals surface area (Å²) in [5, 5.41) is 14.7. The molecule has 0 aromatic rings. The van der Waals surface area contributed by atoms with E-state index in [1.165, 1.54) is 0 Å². The van der Waals surface area contributed by atoms with Crippen LogP contribution in [0.4, 0.5) is 0 Å². The predicted octanol–water partition coefficient (Wildman–Crippen LogP) is 0.653. The summed E-state index contributed by atoms with van der Waals surface area (Å²) >= 11 is 0. The van der Waals surface area contributed by atoms with Crippen LogP contribution in [0.15, 0.2) is 0 Å². The molecule has 0 spiro atoms. The summed E-state index contributed by atoms with van der Waals surface area (Å²) < 4.78 is 0. The zero-order chi connectivity index (χ0) is 11.5. The van der Waals surface area contributed by atoms with E-state index in [2.05, 4.69) is 17.6 Å². The molecule has 4 nitrogen and oxygen atoms in total. The summed E-state index contributed by atoms with van der Waals surface area (Å²) in [6, 6.07) is 0.243. The van der Waals surface area contributed by atoms with Crippen LogP contribution in [-0.4, -0.2) is 36.8 Å². The van der Waals surface area contributed by atoms with Crippen LogP contribution in [-0.2, 0) is 4.79 Å². The van der Waals surface area contributed by atoms with Crippen LogP contribution in [0, 0.1) is 0 Å². The number of amides is 1. The van der Waals surface area contributed by atoms with Crippen molar-refractivity contribution in [3.63, 3.8) is 0 Å². The molecule has 0 bridgehead atoms. The molecule has 0 aliphatic carbocycles. The van der Waals surface area contributed by atoms with Crippen molar-refractivity contribution in [3.8, 4) is 0 Å². The van der Waals surface area contributed by atoms with Crippen LogP contribution in [0.5, 0.6) is 0 Å². The lowest BCUT2D eigenvalue weighted by atomic mass is 10.1. The van der Waals surface area contributed by atoms with Gasteiger partial charge in [-0.1, -0.05) is 20.3 Å². The number of nitrogens with one attached hydrogen (secondary N) is 2. The number of unbranched alkanes of at least 4 members (excludes halogenated alkanes) is 1. The Morgan fingerprint density at radius 1 is 1.40 bits per heavy atom. The van der Waals surface area contributed by atoms with Gasteiger partial charge in [0.2, 0.25) is 5.91 Å². The van der Waals surface area contributed by atoms with Crippen LogP contribution in [0.1, 0.15) is 39.5 Å². The molecular formula is C11H24N2O2. The summed E-state index contributed by atoms with van der Waals surface area (Å²) in [6.07, 6.45) is 3.76. The third kappa shape index (κ3) is 8.39. The quantitative estimate of drug-likeness (QED) is 0.496. The fourth-order valence-electron chi connectivity index (χ4n) is 1.31. The topological polar surface area (TPSA) is 61.4 Å². The molecule has 3 N–H and O–H groups in total. The van der Waals surface area contributed by atoms with Crippen molar-refractivity contribution in [1.29, 1.82) is 0 Å². The molecule has 0 saturated carbocycles. The second kappa shape index (κ2) is 9.93. The largest absolute Gasteiger partial charge is 0.396 e. The third-order valence-electron chi connectivity index (χ3n) is 2.37. The molecule has 0 rings (SSSR count). The number of carbonyl (C=O) groups excluding carboxylic acids is 1. The Labute approximate surface area is 92.4 Å². The van der Waals surface area contributed by atoms with Crippen LogP contribution in [0.2, 0.25) is 0 Å². The molecule has 4 heteroatoms. The molecule has 1 amide bonds. The first-order valence-corrected chi connectivity index (χ1v) is 5.85. The molecule has 0 aromatic heterocycles. The maximum Gasteiger partial charge on any atom is 0.233 e. The van der Waals surface area contributed by atoms with Gasteiger partial charge in [-0.2, -0.15) is 0 Å². The van der Waals surface area contributed by atoms with Crippen molar-refractivity contribution < 1.29 is 9.90 Å². The lowest BCUT2D eigenvalue weighted by Crippen LogP contribution is -2.39. The highest BCUT2D eigenvalue weighted by molar-refractivity contribution is 5.77. The van der Waals surface area contributed by atoms with Gasteiger partial charge >= 0.3 is 0 Å². The van der Waals surface area contributed by atoms with Gasteiger partial charge < -0.3 is 15.7 Å². The van der Waals surface area contributed by atoms with E-state index in [0.29, 0.717) is 13.0 Å². The van der Waals surface area contributed by atoms with Crippen molar-refractivity contribution in [2.75, 3.05) is 19.7 Å². The van der Waals surface area contributed by atoms with Crippen molar-refractivity contribution in [1.82, 2.24) is 10.6 Å². The first-order valence-electron chi connectivity index (χ1n) is 5.85. The molecule has 0 aromatic carbocycles. The summed E-state index contributed by atoms with van der Waals surface area (Å²) in [5.41, 5.74) is 0. The van der Waals surface area contributed by atoms with Crippen LogP contribution < -0.4 is 10.6 Å². The van der Waals surface area contributed by atoms with Crippen molar-refractivity contribution in [2.24, 2.45) is 0 Å². The van der Waals surface area contributed by atoms with Gasteiger partial charge in [0.25, 0.3) is 0 Å². The Bertz CT molecular complexity index is 163. The van der Waals surface area contributed by atoms with Crippen LogP contribution >= 0.6 is 0 Å². The van der Waals surface area contributed by atoms with Crippen molar-refractivity contribution in [3.05, 3.63) is 0 Å². The van der Waals surface area contributed by atoms with Gasteiger partial charge in [0.15, 0.2) is 0 Å². The molecule has 0 saturated heterocycles. The van der Waals surface area contributed by atoms with Crippen LogP contribution in [0.25, 0.3) is 0 Å². The van der Waals surface area contributed by atoms with E-state index in [1.807, 2.05) is 6.92 Å². The Kier molecular flexibility index (Phi) is 9.52. The number of hydrogen-bond acceptors (Lipinski definition) is 3. The Morgan fingerprint density at radius 2 is 2.13 bits per heavy atom. The third-order valence-corrected chi connectivity index (χ3v) is 2.37. The lowest BCUT2D eigenvalue weighted by molar-refractivity contribution is -0.120. The second-order valence-corrected chi connectivity index (χ2v) is 3.70. The van der Waals surface area contributed by atoms with E-state index in [1.54, 1.807) is 0 Å². The van der Waals surface area contributed by atoms with E-state index < -0.39 is 0 Å². The minimum absolute atomic E-state index is 0.0415. The maximum absolute atomic E-state index is 11.3. The van der Waals surface area contributed by atoms with Gasteiger partial charge in [-0.25, -0.2) is 0 Å². The summed E-state index contributed by atoms with van der Waals surface area (Å²) in [6.45, 7) is 5.42. The summed E-state index contributed by atoms with van der Waals surface area (Å²) in [7, 11) is 0. The molecule has 0 fully saturated rings. The van der Waals surface area contributed by atoms with E-state index in [0.717, 1.165) is 25.8 Å². The number of hydrogen-bond donors (Lipinski definition) is 3. The van der Waals surface area contributed by atoms with E-state index in [4.69, 9.17) is 5.11 Å². The fourth-order valence-corrected chi connectivity index (χ4v) is 1.31. The predicted molar refractivity (Wildman–Crippen MR) is 61.7 cm³/mol. The number of aliphatic hydroxyl groups is 1. The molecule has 0 heterocycles. The zero-order valence-corrected chi connectivity index (χ0v) is 9.88. The Hall–Kier alpha value is -0.610. The van der Waals surface area contributed by atoms with Gasteiger partial charge in [-0.15, -0.1) is 0 Å². The Balaban J connectivity index is 3.50. The fraction of sp³-hybridized carbons (Fsp3) is 0.909. The van der Waals surface area contributed by atoms with Gasteiger partial charge in [-0.3, -0.25) is 4.79 Å². The van der Waals surface area contributed by atoms with E-state index in [9.17, 15) is 4.79 Å². The molecule has 90 valence electrons.